The molecule has 0 spiro atoms. The number of aryl methyl sites for hydroxylation is 1. The Kier molecular flexibility index (Phi) is 19.3. The van der Waals surface area contributed by atoms with Crippen molar-refractivity contribution in [1.82, 2.24) is 40.6 Å². The Hall–Kier alpha value is -6.20. The molecule has 0 bridgehead atoms. The van der Waals surface area contributed by atoms with Gasteiger partial charge in [-0.1, -0.05) is 47.4 Å². The lowest BCUT2D eigenvalue weighted by Gasteiger charge is -2.31. The third-order valence-corrected chi connectivity index (χ3v) is 8.23. The number of urea groups is 1. The standard InChI is InChI=1S/C9H14N2O.2C8H11FN2O.C8H13N3.C7H10N2O2/c1-6(2)11-5-7(3)9(12)10-8(11)4;1-5(2)11-4-7(9)8(12)10-6(11)3;1-5(2)11-4-7(9)10-6(3)8(11)12;1-5(2)7-4-10-8(9)11-6(7)3;1-4(2)5-3-8-7(11)9-6(5)10/h5-6H,4H2,1-3H3,(H,10,12);4-5H,3H2,1-2H3,(H,10,12);4-5H,1-3H3;4-5H,3H2,1-2H3,(H3,9,10,11);3-5H,1-2H3,(H,9,10,11). The maximum Gasteiger partial charge on any atom is 0.347 e. The zero-order valence-corrected chi connectivity index (χ0v) is 35.5. The predicted molar refractivity (Wildman–Crippen MR) is 222 cm³/mol. The molecule has 0 fully saturated rings. The maximum atomic E-state index is 12.7. The number of hydrogen-bond acceptors (Lipinski definition) is 11. The minimum absolute atomic E-state index is 0.0336. The number of aromatic nitrogens is 2. The van der Waals surface area contributed by atoms with Gasteiger partial charge in [0.2, 0.25) is 17.7 Å². The molecule has 1 aromatic rings. The fourth-order valence-corrected chi connectivity index (χ4v) is 4.94. The van der Waals surface area contributed by atoms with Crippen LogP contribution in [0.5, 0.6) is 0 Å². The zero-order valence-electron chi connectivity index (χ0n) is 35.5. The van der Waals surface area contributed by atoms with Crippen LogP contribution in [-0.2, 0) is 14.4 Å². The lowest BCUT2D eigenvalue weighted by Crippen LogP contribution is -2.40. The van der Waals surface area contributed by atoms with Gasteiger partial charge in [0.25, 0.3) is 17.4 Å². The molecule has 0 radical (unpaired) electrons. The molecule has 16 nitrogen and oxygen atoms in total. The summed E-state index contributed by atoms with van der Waals surface area (Å²) in [4.78, 5) is 69.0. The smallest absolute Gasteiger partial charge is 0.347 e. The Morgan fingerprint density at radius 3 is 1.76 bits per heavy atom. The number of carbonyl (C=O) groups excluding carboxylic acids is 4. The topological polar surface area (TPSA) is 209 Å². The van der Waals surface area contributed by atoms with E-state index in [4.69, 9.17) is 5.73 Å². The monoisotopic (exact) mass is 811 g/mol. The van der Waals surface area contributed by atoms with Crippen LogP contribution in [0.4, 0.5) is 13.6 Å². The van der Waals surface area contributed by atoms with Gasteiger partial charge in [-0.2, -0.15) is 8.78 Å². The third kappa shape index (κ3) is 15.4. The van der Waals surface area contributed by atoms with Gasteiger partial charge < -0.3 is 36.1 Å². The molecule has 1 unspecified atom stereocenters. The molecule has 0 saturated carbocycles. The highest BCUT2D eigenvalue weighted by molar-refractivity contribution is 6.09. The number of nitrogens with one attached hydrogen (secondary N) is 4. The number of carbonyl (C=O) groups is 4. The van der Waals surface area contributed by atoms with Gasteiger partial charge in [0.05, 0.1) is 12.1 Å². The molecular formula is C40H59F2N11O5. The molecule has 18 heteroatoms. The first-order chi connectivity index (χ1) is 26.8. The molecular weight excluding hydrogens is 753 g/mol. The Labute approximate surface area is 339 Å². The van der Waals surface area contributed by atoms with E-state index in [0.29, 0.717) is 29.6 Å². The van der Waals surface area contributed by atoms with Crippen LogP contribution in [-0.4, -0.2) is 67.4 Å². The quantitative estimate of drug-likeness (QED) is 0.265. The van der Waals surface area contributed by atoms with Crippen LogP contribution in [0.25, 0.3) is 0 Å². The normalized spacial score (nSPS) is 17.6. The Bertz CT molecular complexity index is 1900. The van der Waals surface area contributed by atoms with Crippen LogP contribution < -0.4 is 32.6 Å². The van der Waals surface area contributed by atoms with E-state index < -0.39 is 23.7 Å². The summed E-state index contributed by atoms with van der Waals surface area (Å²) in [6.45, 7) is 34.0. The number of rotatable bonds is 5. The Morgan fingerprint density at radius 1 is 0.759 bits per heavy atom. The summed E-state index contributed by atoms with van der Waals surface area (Å²) < 4.78 is 26.8. The second-order valence-corrected chi connectivity index (χ2v) is 14.7. The molecule has 318 valence electrons. The van der Waals surface area contributed by atoms with Gasteiger partial charge in [-0.3, -0.25) is 24.5 Å². The molecule has 1 aromatic heterocycles. The van der Waals surface area contributed by atoms with Gasteiger partial charge in [0, 0.05) is 54.2 Å². The molecule has 0 saturated heterocycles. The van der Waals surface area contributed by atoms with Crippen molar-refractivity contribution < 1.29 is 28.0 Å². The number of nitrogens with two attached hydrogens (primary N) is 1. The van der Waals surface area contributed by atoms with E-state index in [2.05, 4.69) is 69.8 Å². The van der Waals surface area contributed by atoms with Gasteiger partial charge in [-0.15, -0.1) is 0 Å². The van der Waals surface area contributed by atoms with E-state index in [0.717, 1.165) is 29.2 Å². The SMILES string of the molecule is C=C1NC(=O)C(C)=CN1C(C)C.C=C1NC(=O)C(F)=CN1C(C)C.C=C1NC(N)=NC=C1C(C)C.CC(C)C1C=NC(=O)NC1=O.Cc1nc(F)cn(C(C)C)c1=O. The van der Waals surface area contributed by atoms with E-state index in [1.54, 1.807) is 18.0 Å². The number of aliphatic imine (C=N–C) groups is 2. The fraction of sp³-hybridized carbons (Fsp3) is 0.450. The highest BCUT2D eigenvalue weighted by Gasteiger charge is 2.25. The number of amides is 5. The van der Waals surface area contributed by atoms with Crippen molar-refractivity contribution in [3.05, 3.63) is 101 Å². The number of nitrogens with zero attached hydrogens (tertiary/aromatic N) is 6. The van der Waals surface area contributed by atoms with Crippen LogP contribution in [0.3, 0.4) is 0 Å². The number of halogens is 2. The molecule has 6 N–H and O–H groups in total. The van der Waals surface area contributed by atoms with Crippen molar-refractivity contribution in [3.8, 4) is 0 Å². The summed E-state index contributed by atoms with van der Waals surface area (Å²) >= 11 is 0. The van der Waals surface area contributed by atoms with Crippen molar-refractivity contribution in [1.29, 1.82) is 0 Å². The third-order valence-electron chi connectivity index (χ3n) is 8.23. The molecule has 0 aliphatic carbocycles. The molecule has 4 aliphatic heterocycles. The van der Waals surface area contributed by atoms with E-state index in [1.807, 2.05) is 66.5 Å². The average Bonchev–Trinajstić information content (AvgIpc) is 3.10. The second kappa shape index (κ2) is 22.5. The number of imide groups is 1. The van der Waals surface area contributed by atoms with Crippen molar-refractivity contribution >= 4 is 35.9 Å². The van der Waals surface area contributed by atoms with Crippen LogP contribution >= 0.6 is 0 Å². The highest BCUT2D eigenvalue weighted by atomic mass is 19.1. The fourth-order valence-electron chi connectivity index (χ4n) is 4.94. The predicted octanol–water partition coefficient (Wildman–Crippen LogP) is 5.12. The first-order valence-corrected chi connectivity index (χ1v) is 18.6. The molecule has 5 amide bonds. The number of guanidine groups is 1. The molecule has 0 aromatic carbocycles. The summed E-state index contributed by atoms with van der Waals surface area (Å²) in [7, 11) is 0. The van der Waals surface area contributed by atoms with Gasteiger partial charge in [0.15, 0.2) is 5.96 Å². The molecule has 5 rings (SSSR count). The van der Waals surface area contributed by atoms with Crippen LogP contribution in [0.1, 0.15) is 87.9 Å². The lowest BCUT2D eigenvalue weighted by molar-refractivity contribution is -0.123. The van der Waals surface area contributed by atoms with Crippen molar-refractivity contribution in [2.24, 2.45) is 33.5 Å². The van der Waals surface area contributed by atoms with E-state index >= 15 is 0 Å². The van der Waals surface area contributed by atoms with Crippen molar-refractivity contribution in [2.45, 2.75) is 101 Å². The second-order valence-electron chi connectivity index (χ2n) is 14.7. The molecule has 1 atom stereocenters. The summed E-state index contributed by atoms with van der Waals surface area (Å²) in [5, 5.41) is 10.0. The Morgan fingerprint density at radius 2 is 1.29 bits per heavy atom. The van der Waals surface area contributed by atoms with Crippen molar-refractivity contribution in [2.75, 3.05) is 0 Å². The van der Waals surface area contributed by atoms with E-state index in [-0.39, 0.29) is 47.0 Å². The molecule has 4 aliphatic rings. The highest BCUT2D eigenvalue weighted by Crippen LogP contribution is 2.18. The van der Waals surface area contributed by atoms with E-state index in [1.165, 1.54) is 17.7 Å². The minimum Gasteiger partial charge on any atom is -0.369 e. The van der Waals surface area contributed by atoms with Gasteiger partial charge in [-0.05, 0) is 72.8 Å². The summed E-state index contributed by atoms with van der Waals surface area (Å²) in [6.07, 6.45) is 7.28. The summed E-state index contributed by atoms with van der Waals surface area (Å²) in [5.41, 5.74) is 8.07. The van der Waals surface area contributed by atoms with E-state index in [9.17, 15) is 32.8 Å². The zero-order chi connectivity index (χ0) is 44.8. The van der Waals surface area contributed by atoms with Crippen LogP contribution in [0, 0.1) is 30.6 Å². The maximum absolute atomic E-state index is 12.7. The molecule has 58 heavy (non-hydrogen) atoms. The molecule has 5 heterocycles. The van der Waals surface area contributed by atoms with Crippen LogP contribution in [0.2, 0.25) is 0 Å². The Balaban J connectivity index is 0.000000363. The number of allylic oxidation sites excluding steroid dienone is 1. The van der Waals surface area contributed by atoms with Crippen LogP contribution in [0.15, 0.2) is 93.6 Å². The van der Waals surface area contributed by atoms with Gasteiger partial charge in [-0.25, -0.2) is 19.8 Å². The summed E-state index contributed by atoms with van der Waals surface area (Å²) in [5.74, 6) is -0.575. The minimum atomic E-state index is -0.781. The van der Waals surface area contributed by atoms with Gasteiger partial charge in [0.1, 0.15) is 17.3 Å². The van der Waals surface area contributed by atoms with Crippen molar-refractivity contribution in [3.63, 3.8) is 0 Å². The van der Waals surface area contributed by atoms with Gasteiger partial charge >= 0.3 is 6.03 Å². The lowest BCUT2D eigenvalue weighted by atomic mass is 9.96. The summed E-state index contributed by atoms with van der Waals surface area (Å²) in [6, 6.07) is -0.183. The first-order valence-electron chi connectivity index (χ1n) is 18.6. The average molecular weight is 812 g/mol. The number of hydrogen-bond donors (Lipinski definition) is 5. The largest absolute Gasteiger partial charge is 0.369 e. The first kappa shape index (κ1) is 49.8.